The molecule has 0 bridgehead atoms. The summed E-state index contributed by atoms with van der Waals surface area (Å²) in [4.78, 5) is 8.58. The molecule has 8 nitrogen and oxygen atoms in total. The van der Waals surface area contributed by atoms with Gasteiger partial charge in [-0.2, -0.15) is 4.98 Å². The Balaban J connectivity index is 1.46. The summed E-state index contributed by atoms with van der Waals surface area (Å²) in [6, 6.07) is 13.7. The standard InChI is InChI=1S/C20H21N7OS/c1-20(2,3)14-9-7-13(8-10-14)18-24-25-19(27(18)21)29-12-16-23-17(26-28-16)15-6-4-5-11-22-15/h4-11H,12,21H2,1-3H3. The highest BCUT2D eigenvalue weighted by molar-refractivity contribution is 7.98. The van der Waals surface area contributed by atoms with Crippen molar-refractivity contribution >= 4 is 11.8 Å². The van der Waals surface area contributed by atoms with E-state index in [1.165, 1.54) is 22.0 Å². The van der Waals surface area contributed by atoms with Crippen molar-refractivity contribution in [3.63, 3.8) is 0 Å². The summed E-state index contributed by atoms with van der Waals surface area (Å²) in [7, 11) is 0. The van der Waals surface area contributed by atoms with E-state index in [4.69, 9.17) is 10.4 Å². The van der Waals surface area contributed by atoms with Gasteiger partial charge in [-0.1, -0.05) is 68.0 Å². The van der Waals surface area contributed by atoms with Crippen LogP contribution >= 0.6 is 11.8 Å². The van der Waals surface area contributed by atoms with Crippen LogP contribution in [-0.4, -0.2) is 30.0 Å². The topological polar surface area (TPSA) is 109 Å². The molecule has 0 aliphatic carbocycles. The Kier molecular flexibility index (Phi) is 5.06. The molecule has 9 heteroatoms. The molecule has 4 rings (SSSR count). The number of benzene rings is 1. The minimum absolute atomic E-state index is 0.0914. The van der Waals surface area contributed by atoms with Crippen LogP contribution < -0.4 is 5.84 Å². The number of thioether (sulfide) groups is 1. The number of pyridine rings is 1. The number of hydrogen-bond acceptors (Lipinski definition) is 8. The first kappa shape index (κ1) is 19.1. The molecular formula is C20H21N7OS. The van der Waals surface area contributed by atoms with Crippen molar-refractivity contribution in [1.82, 2.24) is 30.0 Å². The van der Waals surface area contributed by atoms with E-state index in [1.54, 1.807) is 6.20 Å². The Bertz CT molecular complexity index is 1100. The molecule has 4 aromatic rings. The predicted octanol–water partition coefficient (Wildman–Crippen LogP) is 3.69. The molecule has 0 saturated heterocycles. The Hall–Kier alpha value is -3.20. The maximum Gasteiger partial charge on any atom is 0.237 e. The van der Waals surface area contributed by atoms with Gasteiger partial charge in [0, 0.05) is 11.8 Å². The number of hydrogen-bond donors (Lipinski definition) is 1. The summed E-state index contributed by atoms with van der Waals surface area (Å²) >= 11 is 1.38. The average molecular weight is 408 g/mol. The molecule has 0 unspecified atom stereocenters. The lowest BCUT2D eigenvalue weighted by Crippen LogP contribution is -2.12. The van der Waals surface area contributed by atoms with Crippen molar-refractivity contribution in [3.05, 3.63) is 60.1 Å². The molecule has 29 heavy (non-hydrogen) atoms. The summed E-state index contributed by atoms with van der Waals surface area (Å²) in [5.74, 6) is 8.17. The Morgan fingerprint density at radius 2 is 1.86 bits per heavy atom. The molecule has 0 fully saturated rings. The maximum atomic E-state index is 6.21. The van der Waals surface area contributed by atoms with Gasteiger partial charge in [0.05, 0.1) is 5.75 Å². The third-order valence-electron chi connectivity index (χ3n) is 4.36. The zero-order valence-corrected chi connectivity index (χ0v) is 17.2. The predicted molar refractivity (Wildman–Crippen MR) is 111 cm³/mol. The largest absolute Gasteiger partial charge is 0.338 e. The highest BCUT2D eigenvalue weighted by Crippen LogP contribution is 2.27. The second kappa shape index (κ2) is 7.67. The van der Waals surface area contributed by atoms with E-state index >= 15 is 0 Å². The molecule has 3 heterocycles. The van der Waals surface area contributed by atoms with Crippen LogP contribution in [0.15, 0.2) is 58.3 Å². The summed E-state index contributed by atoms with van der Waals surface area (Å²) in [6.45, 7) is 6.54. The van der Waals surface area contributed by atoms with Crippen LogP contribution in [0.3, 0.4) is 0 Å². The van der Waals surface area contributed by atoms with Gasteiger partial charge in [0.25, 0.3) is 0 Å². The molecule has 0 saturated carbocycles. The van der Waals surface area contributed by atoms with Gasteiger partial charge in [0.15, 0.2) is 5.82 Å². The van der Waals surface area contributed by atoms with Gasteiger partial charge in [-0.05, 0) is 23.1 Å². The maximum absolute atomic E-state index is 6.21. The van der Waals surface area contributed by atoms with Crippen molar-refractivity contribution in [2.24, 2.45) is 0 Å². The molecule has 0 aliphatic heterocycles. The normalized spacial score (nSPS) is 11.7. The highest BCUT2D eigenvalue weighted by Gasteiger charge is 2.17. The van der Waals surface area contributed by atoms with Crippen molar-refractivity contribution in [2.75, 3.05) is 5.84 Å². The first-order valence-electron chi connectivity index (χ1n) is 9.10. The Morgan fingerprint density at radius 1 is 1.07 bits per heavy atom. The van der Waals surface area contributed by atoms with E-state index in [9.17, 15) is 0 Å². The van der Waals surface area contributed by atoms with Gasteiger partial charge in [-0.3, -0.25) is 4.98 Å². The number of nitrogens with zero attached hydrogens (tertiary/aromatic N) is 6. The zero-order valence-electron chi connectivity index (χ0n) is 16.4. The van der Waals surface area contributed by atoms with Crippen LogP contribution in [0.2, 0.25) is 0 Å². The van der Waals surface area contributed by atoms with Gasteiger partial charge < -0.3 is 10.4 Å². The van der Waals surface area contributed by atoms with E-state index in [0.29, 0.717) is 34.1 Å². The van der Waals surface area contributed by atoms with Crippen molar-refractivity contribution in [2.45, 2.75) is 37.1 Å². The minimum Gasteiger partial charge on any atom is -0.338 e. The minimum atomic E-state index is 0.0914. The first-order chi connectivity index (χ1) is 13.9. The van der Waals surface area contributed by atoms with Gasteiger partial charge in [-0.25, -0.2) is 4.68 Å². The Labute approximate surface area is 172 Å². The fourth-order valence-corrected chi connectivity index (χ4v) is 3.42. The summed E-state index contributed by atoms with van der Waals surface area (Å²) in [5.41, 5.74) is 2.92. The third-order valence-corrected chi connectivity index (χ3v) is 5.29. The number of aromatic nitrogens is 6. The molecule has 3 aromatic heterocycles. The van der Waals surface area contributed by atoms with Crippen LogP contribution in [0.4, 0.5) is 0 Å². The second-order valence-corrected chi connectivity index (χ2v) is 8.46. The lowest BCUT2D eigenvalue weighted by atomic mass is 9.87. The van der Waals surface area contributed by atoms with Gasteiger partial charge >= 0.3 is 0 Å². The molecule has 0 amide bonds. The van der Waals surface area contributed by atoms with Gasteiger partial charge in [0.2, 0.25) is 16.9 Å². The molecule has 148 valence electrons. The second-order valence-electron chi connectivity index (χ2n) is 7.52. The first-order valence-corrected chi connectivity index (χ1v) is 10.1. The zero-order chi connectivity index (χ0) is 20.4. The van der Waals surface area contributed by atoms with E-state index in [0.717, 1.165) is 5.56 Å². The summed E-state index contributed by atoms with van der Waals surface area (Å²) in [5, 5.41) is 13.0. The average Bonchev–Trinajstić information content (AvgIpc) is 3.33. The van der Waals surface area contributed by atoms with Crippen LogP contribution in [0, 0.1) is 0 Å². The SMILES string of the molecule is CC(C)(C)c1ccc(-c2nnc(SCc3nc(-c4ccccn4)no3)n2N)cc1. The van der Waals surface area contributed by atoms with Crippen molar-refractivity contribution in [3.8, 4) is 22.9 Å². The summed E-state index contributed by atoms with van der Waals surface area (Å²) in [6.07, 6.45) is 1.69. The smallest absolute Gasteiger partial charge is 0.237 e. The van der Waals surface area contributed by atoms with Crippen LogP contribution in [0.1, 0.15) is 32.2 Å². The molecule has 0 spiro atoms. The van der Waals surface area contributed by atoms with Crippen LogP contribution in [-0.2, 0) is 11.2 Å². The van der Waals surface area contributed by atoms with Crippen molar-refractivity contribution in [1.29, 1.82) is 0 Å². The number of nitrogen functional groups attached to an aromatic ring is 1. The molecule has 0 aliphatic rings. The van der Waals surface area contributed by atoms with E-state index < -0.39 is 0 Å². The van der Waals surface area contributed by atoms with Crippen LogP contribution in [0.25, 0.3) is 22.9 Å². The fraction of sp³-hybridized carbons (Fsp3) is 0.250. The van der Waals surface area contributed by atoms with Gasteiger partial charge in [0.1, 0.15) is 5.69 Å². The third kappa shape index (κ3) is 4.14. The number of rotatable bonds is 5. The summed E-state index contributed by atoms with van der Waals surface area (Å²) < 4.78 is 6.78. The lowest BCUT2D eigenvalue weighted by molar-refractivity contribution is 0.391. The van der Waals surface area contributed by atoms with E-state index in [-0.39, 0.29) is 5.41 Å². The monoisotopic (exact) mass is 407 g/mol. The molecular weight excluding hydrogens is 386 g/mol. The highest BCUT2D eigenvalue weighted by atomic mass is 32.2. The fourth-order valence-electron chi connectivity index (χ4n) is 2.73. The molecule has 2 N–H and O–H groups in total. The number of nitrogens with two attached hydrogens (primary N) is 1. The van der Waals surface area contributed by atoms with E-state index in [2.05, 4.69) is 58.2 Å². The quantitative estimate of drug-likeness (QED) is 0.394. The van der Waals surface area contributed by atoms with Crippen molar-refractivity contribution < 1.29 is 4.52 Å². The van der Waals surface area contributed by atoms with E-state index in [1.807, 2.05) is 30.3 Å². The lowest BCUT2D eigenvalue weighted by Gasteiger charge is -2.19. The Morgan fingerprint density at radius 3 is 2.55 bits per heavy atom. The molecule has 1 aromatic carbocycles. The molecule has 0 atom stereocenters. The van der Waals surface area contributed by atoms with Gasteiger partial charge in [-0.15, -0.1) is 10.2 Å². The van der Waals surface area contributed by atoms with Crippen LogP contribution in [0.5, 0.6) is 0 Å². The molecule has 0 radical (unpaired) electrons.